The summed E-state index contributed by atoms with van der Waals surface area (Å²) < 4.78 is 8.88. The first kappa shape index (κ1) is 18.5. The van der Waals surface area contributed by atoms with Crippen molar-refractivity contribution in [2.75, 3.05) is 6.61 Å². The number of hydrogen-bond acceptors (Lipinski definition) is 2. The predicted molar refractivity (Wildman–Crippen MR) is 34.0 cm³/mol. The topological polar surface area (TPSA) is 101 Å². The SMILES string of the molecule is CCCC[O-].O=P(O)(O)O.[K+]. The number of rotatable bonds is 2. The predicted octanol–water partition coefficient (Wildman–Crippen LogP) is -3.78. The standard InChI is InChI=1S/C4H9O.K.H3O4P/c1-2-3-4-5;;1-5(2,3)4/h2-4H2,1H3;;(H3,1,2,3,4)/q-1;+1;. The summed E-state index contributed by atoms with van der Waals surface area (Å²) in [7, 11) is -4.64. The number of unbranched alkanes of at least 4 members (excludes halogenated alkanes) is 1. The minimum Gasteiger partial charge on any atom is -0.854 e. The van der Waals surface area contributed by atoms with Crippen LogP contribution in [-0.2, 0) is 4.57 Å². The zero-order chi connectivity index (χ0) is 8.62. The smallest absolute Gasteiger partial charge is 0.854 e. The molecule has 0 aliphatic rings. The van der Waals surface area contributed by atoms with E-state index < -0.39 is 7.82 Å². The van der Waals surface area contributed by atoms with Gasteiger partial charge >= 0.3 is 59.2 Å². The zero-order valence-electron chi connectivity index (χ0n) is 6.73. The van der Waals surface area contributed by atoms with E-state index in [0.29, 0.717) is 0 Å². The van der Waals surface area contributed by atoms with Crippen LogP contribution in [-0.4, -0.2) is 21.3 Å². The molecule has 0 spiro atoms. The summed E-state index contributed by atoms with van der Waals surface area (Å²) in [6, 6.07) is 0. The molecule has 0 saturated heterocycles. The van der Waals surface area contributed by atoms with Crippen LogP contribution in [0, 0.1) is 0 Å². The van der Waals surface area contributed by atoms with Gasteiger partial charge in [-0.05, 0) is 0 Å². The Kier molecular flexibility index (Phi) is 19.7. The molecular formula is C4H12KO5P. The van der Waals surface area contributed by atoms with Gasteiger partial charge in [-0.25, -0.2) is 4.57 Å². The molecule has 0 heterocycles. The third-order valence-corrected chi connectivity index (χ3v) is 0.498. The van der Waals surface area contributed by atoms with Crippen molar-refractivity contribution in [1.29, 1.82) is 0 Å². The van der Waals surface area contributed by atoms with Crippen molar-refractivity contribution in [3.05, 3.63) is 0 Å². The zero-order valence-corrected chi connectivity index (χ0v) is 10.7. The molecular weight excluding hydrogens is 198 g/mol. The van der Waals surface area contributed by atoms with Gasteiger partial charge in [0, 0.05) is 0 Å². The van der Waals surface area contributed by atoms with Gasteiger partial charge in [0.15, 0.2) is 0 Å². The molecule has 0 unspecified atom stereocenters. The second-order valence-corrected chi connectivity index (χ2v) is 2.60. The normalized spacial score (nSPS) is 9.18. The van der Waals surface area contributed by atoms with Gasteiger partial charge in [-0.3, -0.25) is 0 Å². The fraction of sp³-hybridized carbons (Fsp3) is 1.00. The molecule has 0 amide bonds. The van der Waals surface area contributed by atoms with E-state index in [4.69, 9.17) is 19.2 Å². The van der Waals surface area contributed by atoms with E-state index in [1.54, 1.807) is 0 Å². The summed E-state index contributed by atoms with van der Waals surface area (Å²) in [5, 5.41) is 9.53. The van der Waals surface area contributed by atoms with Crippen molar-refractivity contribution >= 4 is 7.82 Å². The van der Waals surface area contributed by atoms with E-state index in [1.807, 2.05) is 6.92 Å². The summed E-state index contributed by atoms with van der Waals surface area (Å²) in [6.45, 7) is 2.11. The second kappa shape index (κ2) is 11.7. The van der Waals surface area contributed by atoms with Crippen LogP contribution in [0.1, 0.15) is 19.8 Å². The Balaban J connectivity index is -0.000000107. The molecule has 64 valence electrons. The van der Waals surface area contributed by atoms with Crippen LogP contribution < -0.4 is 56.5 Å². The fourth-order valence-electron chi connectivity index (χ4n) is 0.144. The van der Waals surface area contributed by atoms with E-state index in [1.165, 1.54) is 0 Å². The van der Waals surface area contributed by atoms with Crippen LogP contribution in [0.15, 0.2) is 0 Å². The van der Waals surface area contributed by atoms with Crippen LogP contribution in [0.5, 0.6) is 0 Å². The molecule has 0 rings (SSSR count). The fourth-order valence-corrected chi connectivity index (χ4v) is 0.144. The Morgan fingerprint density at radius 3 is 1.64 bits per heavy atom. The van der Waals surface area contributed by atoms with Crippen LogP contribution in [0.3, 0.4) is 0 Å². The molecule has 3 N–H and O–H groups in total. The van der Waals surface area contributed by atoms with E-state index in [-0.39, 0.29) is 58.0 Å². The average molecular weight is 210 g/mol. The third kappa shape index (κ3) is 80.3. The number of hydrogen-bond donors (Lipinski definition) is 3. The molecule has 7 heteroatoms. The van der Waals surface area contributed by atoms with Crippen molar-refractivity contribution in [2.24, 2.45) is 0 Å². The van der Waals surface area contributed by atoms with Gasteiger partial charge < -0.3 is 19.8 Å². The molecule has 0 aromatic rings. The molecule has 0 bridgehead atoms. The summed E-state index contributed by atoms with van der Waals surface area (Å²) in [5.74, 6) is 0. The summed E-state index contributed by atoms with van der Waals surface area (Å²) in [4.78, 5) is 21.6. The molecule has 0 aromatic carbocycles. The molecule has 0 fully saturated rings. The first-order valence-electron chi connectivity index (χ1n) is 2.78. The van der Waals surface area contributed by atoms with Crippen LogP contribution in [0.2, 0.25) is 0 Å². The third-order valence-electron chi connectivity index (χ3n) is 0.498. The Hall–Kier alpha value is 1.71. The first-order valence-corrected chi connectivity index (χ1v) is 4.34. The van der Waals surface area contributed by atoms with E-state index in [9.17, 15) is 5.11 Å². The summed E-state index contributed by atoms with van der Waals surface area (Å²) in [6.07, 6.45) is 1.86. The molecule has 11 heavy (non-hydrogen) atoms. The van der Waals surface area contributed by atoms with Gasteiger partial charge in [0.25, 0.3) is 0 Å². The maximum atomic E-state index is 9.53. The van der Waals surface area contributed by atoms with Crippen molar-refractivity contribution in [3.63, 3.8) is 0 Å². The molecule has 5 nitrogen and oxygen atoms in total. The van der Waals surface area contributed by atoms with Gasteiger partial charge in [0.1, 0.15) is 0 Å². The quantitative estimate of drug-likeness (QED) is 0.321. The van der Waals surface area contributed by atoms with E-state index in [0.717, 1.165) is 12.8 Å². The van der Waals surface area contributed by atoms with Crippen molar-refractivity contribution in [2.45, 2.75) is 19.8 Å². The van der Waals surface area contributed by atoms with Gasteiger partial charge in [0.05, 0.1) is 0 Å². The van der Waals surface area contributed by atoms with E-state index >= 15 is 0 Å². The van der Waals surface area contributed by atoms with Gasteiger partial charge in [-0.1, -0.05) is 19.8 Å². The summed E-state index contributed by atoms with van der Waals surface area (Å²) in [5.41, 5.74) is 0. The molecule has 0 atom stereocenters. The van der Waals surface area contributed by atoms with Crippen molar-refractivity contribution in [1.82, 2.24) is 0 Å². The van der Waals surface area contributed by atoms with Gasteiger partial charge in [-0.2, -0.15) is 0 Å². The Morgan fingerprint density at radius 2 is 1.64 bits per heavy atom. The maximum absolute atomic E-state index is 9.53. The first-order chi connectivity index (χ1) is 4.41. The summed E-state index contributed by atoms with van der Waals surface area (Å²) >= 11 is 0. The minimum absolute atomic E-state index is 0. The van der Waals surface area contributed by atoms with Crippen molar-refractivity contribution < 1.29 is 75.7 Å². The van der Waals surface area contributed by atoms with Gasteiger partial charge in [-0.15, -0.1) is 6.61 Å². The molecule has 0 aromatic heterocycles. The Bertz CT molecular complexity index is 92.4. The van der Waals surface area contributed by atoms with Crippen LogP contribution >= 0.6 is 7.82 Å². The van der Waals surface area contributed by atoms with Crippen LogP contribution in [0.25, 0.3) is 0 Å². The number of phosphoric acid groups is 1. The van der Waals surface area contributed by atoms with Crippen LogP contribution in [0.4, 0.5) is 0 Å². The Labute approximate surface area is 108 Å². The van der Waals surface area contributed by atoms with Gasteiger partial charge in [0.2, 0.25) is 0 Å². The molecule has 0 aliphatic carbocycles. The monoisotopic (exact) mass is 210 g/mol. The molecule has 0 aliphatic heterocycles. The average Bonchev–Trinajstić information content (AvgIpc) is 1.63. The second-order valence-electron chi connectivity index (χ2n) is 1.57. The minimum atomic E-state index is -4.64. The largest absolute Gasteiger partial charge is 1.00 e. The van der Waals surface area contributed by atoms with Crippen molar-refractivity contribution in [3.8, 4) is 0 Å². The molecule has 0 radical (unpaired) electrons. The maximum Gasteiger partial charge on any atom is 1.00 e. The Morgan fingerprint density at radius 1 is 1.36 bits per heavy atom. The molecule has 0 saturated carbocycles. The van der Waals surface area contributed by atoms with E-state index in [2.05, 4.69) is 0 Å².